The Bertz CT molecular complexity index is 463. The molecule has 2 rings (SSSR count). The van der Waals surface area contributed by atoms with E-state index in [1.807, 2.05) is 0 Å². The molecule has 19 heavy (non-hydrogen) atoms. The molecule has 0 amide bonds. The van der Waals surface area contributed by atoms with E-state index in [2.05, 4.69) is 0 Å². The van der Waals surface area contributed by atoms with Crippen LogP contribution in [0.1, 0.15) is 48.9 Å². The molecule has 0 unspecified atom stereocenters. The Morgan fingerprint density at radius 2 is 1.79 bits per heavy atom. The van der Waals surface area contributed by atoms with E-state index >= 15 is 0 Å². The van der Waals surface area contributed by atoms with E-state index < -0.39 is 23.0 Å². The lowest BCUT2D eigenvalue weighted by Gasteiger charge is -2.29. The Labute approximate surface area is 111 Å². The molecule has 0 spiro atoms. The number of ether oxygens (including phenoxy) is 1. The fourth-order valence-corrected chi connectivity index (χ4v) is 2.75. The summed E-state index contributed by atoms with van der Waals surface area (Å²) in [6.07, 6.45) is 4.97. The maximum absolute atomic E-state index is 13.8. The van der Waals surface area contributed by atoms with Crippen molar-refractivity contribution in [3.63, 3.8) is 0 Å². The maximum atomic E-state index is 13.8. The van der Waals surface area contributed by atoms with Crippen LogP contribution in [0, 0.1) is 11.6 Å². The van der Waals surface area contributed by atoms with Gasteiger partial charge in [0.25, 0.3) is 0 Å². The molecule has 4 heteroatoms. The van der Waals surface area contributed by atoms with Crippen LogP contribution in [-0.2, 0) is 4.74 Å². The minimum atomic E-state index is -1.08. The largest absolute Gasteiger partial charge is 0.370 e. The Morgan fingerprint density at radius 3 is 2.37 bits per heavy atom. The molecule has 0 saturated heterocycles. The Balaban J connectivity index is 2.37. The number of benzene rings is 1. The molecule has 0 bridgehead atoms. The summed E-state index contributed by atoms with van der Waals surface area (Å²) in [7, 11) is 1.47. The molecule has 1 aliphatic rings. The third-order valence-electron chi connectivity index (χ3n) is 3.91. The van der Waals surface area contributed by atoms with Crippen LogP contribution in [0.2, 0.25) is 0 Å². The highest BCUT2D eigenvalue weighted by molar-refractivity contribution is 6.02. The standard InChI is InChI=1S/C15H18F2O2/c1-19-15(9-4-2-3-5-10-15)14(18)11-7-6-8-12(16)13(11)17/h6-8H,2-5,9-10H2,1H3. The highest BCUT2D eigenvalue weighted by Gasteiger charge is 2.40. The van der Waals surface area contributed by atoms with Crippen molar-refractivity contribution < 1.29 is 18.3 Å². The predicted octanol–water partition coefficient (Wildman–Crippen LogP) is 3.89. The first-order valence-electron chi connectivity index (χ1n) is 6.65. The van der Waals surface area contributed by atoms with Gasteiger partial charge in [0.15, 0.2) is 17.4 Å². The monoisotopic (exact) mass is 268 g/mol. The third kappa shape index (κ3) is 2.68. The maximum Gasteiger partial charge on any atom is 0.197 e. The summed E-state index contributed by atoms with van der Waals surface area (Å²) in [5.74, 6) is -2.51. The minimum absolute atomic E-state index is 0.205. The molecule has 2 nitrogen and oxygen atoms in total. The highest BCUT2D eigenvalue weighted by atomic mass is 19.2. The Hall–Kier alpha value is -1.29. The Kier molecular flexibility index (Phi) is 4.30. The molecule has 1 aliphatic carbocycles. The van der Waals surface area contributed by atoms with Crippen LogP contribution in [0.15, 0.2) is 18.2 Å². The van der Waals surface area contributed by atoms with Gasteiger partial charge in [-0.1, -0.05) is 31.7 Å². The van der Waals surface area contributed by atoms with E-state index in [9.17, 15) is 13.6 Å². The van der Waals surface area contributed by atoms with Crippen molar-refractivity contribution in [2.24, 2.45) is 0 Å². The fraction of sp³-hybridized carbons (Fsp3) is 0.533. The van der Waals surface area contributed by atoms with Crippen molar-refractivity contribution in [3.05, 3.63) is 35.4 Å². The van der Waals surface area contributed by atoms with Gasteiger partial charge >= 0.3 is 0 Å². The molecule has 0 aromatic heterocycles. The molecular weight excluding hydrogens is 250 g/mol. The summed E-state index contributed by atoms with van der Waals surface area (Å²) < 4.78 is 32.4. The molecule has 104 valence electrons. The third-order valence-corrected chi connectivity index (χ3v) is 3.91. The van der Waals surface area contributed by atoms with Crippen molar-refractivity contribution in [2.75, 3.05) is 7.11 Å². The Morgan fingerprint density at radius 1 is 1.16 bits per heavy atom. The lowest BCUT2D eigenvalue weighted by Crippen LogP contribution is -2.40. The lowest BCUT2D eigenvalue weighted by molar-refractivity contribution is -0.00728. The number of hydrogen-bond donors (Lipinski definition) is 0. The molecule has 0 heterocycles. The van der Waals surface area contributed by atoms with Crippen LogP contribution in [0.4, 0.5) is 8.78 Å². The number of carbonyl (C=O) groups excluding carboxylic acids is 1. The molecular formula is C15H18F2O2. The summed E-state index contributed by atoms with van der Waals surface area (Å²) in [4.78, 5) is 12.5. The van der Waals surface area contributed by atoms with Gasteiger partial charge in [-0.25, -0.2) is 8.78 Å². The SMILES string of the molecule is COC1(C(=O)c2cccc(F)c2F)CCCCCC1. The summed E-state index contributed by atoms with van der Waals surface area (Å²) in [6, 6.07) is 3.69. The first-order chi connectivity index (χ1) is 9.10. The van der Waals surface area contributed by atoms with Crippen LogP contribution >= 0.6 is 0 Å². The molecule has 0 N–H and O–H groups in total. The van der Waals surface area contributed by atoms with Gasteiger partial charge in [0.1, 0.15) is 5.60 Å². The second-order valence-electron chi connectivity index (χ2n) is 5.04. The van der Waals surface area contributed by atoms with Gasteiger partial charge in [-0.2, -0.15) is 0 Å². The van der Waals surface area contributed by atoms with Gasteiger partial charge in [-0.3, -0.25) is 4.79 Å². The van der Waals surface area contributed by atoms with Crippen LogP contribution in [0.5, 0.6) is 0 Å². The van der Waals surface area contributed by atoms with Crippen LogP contribution < -0.4 is 0 Å². The second kappa shape index (κ2) is 5.78. The fourth-order valence-electron chi connectivity index (χ4n) is 2.75. The number of hydrogen-bond acceptors (Lipinski definition) is 2. The predicted molar refractivity (Wildman–Crippen MR) is 68.1 cm³/mol. The number of Topliss-reactive ketones (excluding diaryl/α,β-unsaturated/α-hetero) is 1. The smallest absolute Gasteiger partial charge is 0.197 e. The molecule has 1 saturated carbocycles. The topological polar surface area (TPSA) is 26.3 Å². The van der Waals surface area contributed by atoms with Gasteiger partial charge < -0.3 is 4.74 Å². The zero-order valence-electron chi connectivity index (χ0n) is 11.0. The number of methoxy groups -OCH3 is 1. The molecule has 0 aliphatic heterocycles. The van der Waals surface area contributed by atoms with Crippen LogP contribution in [0.3, 0.4) is 0 Å². The first-order valence-corrected chi connectivity index (χ1v) is 6.65. The zero-order chi connectivity index (χ0) is 13.9. The lowest BCUT2D eigenvalue weighted by atomic mass is 9.85. The second-order valence-corrected chi connectivity index (χ2v) is 5.04. The zero-order valence-corrected chi connectivity index (χ0v) is 11.0. The van der Waals surface area contributed by atoms with E-state index in [4.69, 9.17) is 4.74 Å². The van der Waals surface area contributed by atoms with E-state index in [0.29, 0.717) is 12.8 Å². The summed E-state index contributed by atoms with van der Waals surface area (Å²) in [6.45, 7) is 0. The summed E-state index contributed by atoms with van der Waals surface area (Å²) in [5.41, 5.74) is -1.20. The number of ketones is 1. The average molecular weight is 268 g/mol. The van der Waals surface area contributed by atoms with Gasteiger partial charge in [-0.15, -0.1) is 0 Å². The van der Waals surface area contributed by atoms with Gasteiger partial charge in [0.05, 0.1) is 5.56 Å². The van der Waals surface area contributed by atoms with Crippen molar-refractivity contribution in [1.82, 2.24) is 0 Å². The summed E-state index contributed by atoms with van der Waals surface area (Å²) >= 11 is 0. The quantitative estimate of drug-likeness (QED) is 0.614. The van der Waals surface area contributed by atoms with Crippen LogP contribution in [0.25, 0.3) is 0 Å². The van der Waals surface area contributed by atoms with Gasteiger partial charge in [0.2, 0.25) is 0 Å². The average Bonchev–Trinajstić information content (AvgIpc) is 2.67. The number of rotatable bonds is 3. The van der Waals surface area contributed by atoms with Crippen LogP contribution in [-0.4, -0.2) is 18.5 Å². The number of halogens is 2. The summed E-state index contributed by atoms with van der Waals surface area (Å²) in [5, 5.41) is 0. The van der Waals surface area contributed by atoms with Gasteiger partial charge in [0, 0.05) is 7.11 Å². The normalized spacial score (nSPS) is 18.9. The minimum Gasteiger partial charge on any atom is -0.370 e. The first kappa shape index (κ1) is 14.1. The van der Waals surface area contributed by atoms with Crippen molar-refractivity contribution in [3.8, 4) is 0 Å². The van der Waals surface area contributed by atoms with E-state index in [1.165, 1.54) is 19.2 Å². The van der Waals surface area contributed by atoms with Crippen molar-refractivity contribution in [1.29, 1.82) is 0 Å². The molecule has 0 radical (unpaired) electrons. The molecule has 1 aromatic rings. The molecule has 1 fully saturated rings. The molecule has 0 atom stereocenters. The van der Waals surface area contributed by atoms with E-state index in [1.54, 1.807) is 0 Å². The number of carbonyl (C=O) groups is 1. The molecule has 1 aromatic carbocycles. The van der Waals surface area contributed by atoms with E-state index in [0.717, 1.165) is 31.7 Å². The van der Waals surface area contributed by atoms with Crippen molar-refractivity contribution in [2.45, 2.75) is 44.1 Å². The van der Waals surface area contributed by atoms with E-state index in [-0.39, 0.29) is 5.56 Å². The van der Waals surface area contributed by atoms with Gasteiger partial charge in [-0.05, 0) is 25.0 Å². The van der Waals surface area contributed by atoms with Crippen molar-refractivity contribution >= 4 is 5.78 Å². The highest BCUT2D eigenvalue weighted by Crippen LogP contribution is 2.33.